The largest absolute Gasteiger partial charge is 0.485 e. The van der Waals surface area contributed by atoms with Gasteiger partial charge in [-0.1, -0.05) is 37.6 Å². The van der Waals surface area contributed by atoms with Crippen molar-refractivity contribution in [2.45, 2.75) is 39.8 Å². The summed E-state index contributed by atoms with van der Waals surface area (Å²) in [6.07, 6.45) is 2.15. The van der Waals surface area contributed by atoms with Crippen LogP contribution in [-0.4, -0.2) is 11.5 Å². The van der Waals surface area contributed by atoms with Gasteiger partial charge < -0.3 is 10.1 Å². The van der Waals surface area contributed by atoms with Crippen molar-refractivity contribution in [3.63, 3.8) is 0 Å². The smallest absolute Gasteiger partial charge is 0.142 e. The molecule has 2 aromatic rings. The summed E-state index contributed by atoms with van der Waals surface area (Å²) in [5, 5.41) is 7.18. The fraction of sp³-hybridized carbons (Fsp3) is 0.438. The number of aryl methyl sites for hydroxylation is 1. The summed E-state index contributed by atoms with van der Waals surface area (Å²) in [6, 6.07) is 5.84. The molecule has 0 fully saturated rings. The average molecular weight is 325 g/mol. The summed E-state index contributed by atoms with van der Waals surface area (Å²) in [4.78, 5) is 4.57. The summed E-state index contributed by atoms with van der Waals surface area (Å²) >= 11 is 7.95. The number of halogens is 1. The molecule has 0 aliphatic carbocycles. The zero-order chi connectivity index (χ0) is 15.1. The molecular weight excluding hydrogens is 304 g/mol. The number of thiazole rings is 1. The molecule has 21 heavy (non-hydrogen) atoms. The van der Waals surface area contributed by atoms with Crippen molar-refractivity contribution in [1.29, 1.82) is 0 Å². The summed E-state index contributed by atoms with van der Waals surface area (Å²) < 4.78 is 5.91. The van der Waals surface area contributed by atoms with Crippen molar-refractivity contribution < 1.29 is 4.74 Å². The van der Waals surface area contributed by atoms with Gasteiger partial charge >= 0.3 is 0 Å². The Hall–Kier alpha value is -1.10. The molecule has 114 valence electrons. The molecule has 1 aromatic carbocycles. The van der Waals surface area contributed by atoms with Crippen LogP contribution in [0, 0.1) is 0 Å². The predicted molar refractivity (Wildman–Crippen MR) is 89.3 cm³/mol. The first-order valence-electron chi connectivity index (χ1n) is 7.28. The molecular formula is C16H21ClN2OS. The fourth-order valence-corrected chi connectivity index (χ4v) is 3.14. The Labute approximate surface area is 135 Å². The number of hydrogen-bond donors (Lipinski definition) is 1. The van der Waals surface area contributed by atoms with Crippen LogP contribution < -0.4 is 10.1 Å². The van der Waals surface area contributed by atoms with Gasteiger partial charge in [-0.3, -0.25) is 0 Å². The minimum Gasteiger partial charge on any atom is -0.485 e. The standard InChI is InChI=1S/C16H21ClN2OS/c1-3-6-15-19-13(11-21-15)10-20-16-12(9-18-4-2)7-5-8-14(16)17/h5,7-8,11,18H,3-4,6,9-10H2,1-2H3. The average Bonchev–Trinajstić information content (AvgIpc) is 2.92. The Kier molecular flexibility index (Phi) is 6.49. The molecule has 0 saturated heterocycles. The SMILES string of the molecule is CCCc1nc(COc2c(Cl)cccc2CNCC)cs1. The van der Waals surface area contributed by atoms with E-state index in [0.29, 0.717) is 11.6 Å². The fourth-order valence-electron chi connectivity index (χ4n) is 2.00. The molecule has 2 rings (SSSR count). The Morgan fingerprint density at radius 3 is 2.95 bits per heavy atom. The van der Waals surface area contributed by atoms with Crippen LogP contribution >= 0.6 is 22.9 Å². The van der Waals surface area contributed by atoms with Gasteiger partial charge in [-0.25, -0.2) is 4.98 Å². The number of rotatable bonds is 8. The van der Waals surface area contributed by atoms with Crippen molar-refractivity contribution in [3.05, 3.63) is 44.9 Å². The highest BCUT2D eigenvalue weighted by Gasteiger charge is 2.09. The number of aromatic nitrogens is 1. The van der Waals surface area contributed by atoms with E-state index in [1.54, 1.807) is 11.3 Å². The number of nitrogens with one attached hydrogen (secondary N) is 1. The maximum Gasteiger partial charge on any atom is 0.142 e. The molecule has 0 saturated carbocycles. The molecule has 0 amide bonds. The molecule has 0 aliphatic heterocycles. The predicted octanol–water partition coefficient (Wildman–Crippen LogP) is 4.44. The van der Waals surface area contributed by atoms with Crippen LogP contribution in [-0.2, 0) is 19.6 Å². The van der Waals surface area contributed by atoms with Crippen LogP contribution in [0.1, 0.15) is 36.5 Å². The molecule has 0 atom stereocenters. The molecule has 1 aromatic heterocycles. The van der Waals surface area contributed by atoms with Gasteiger partial charge in [0.15, 0.2) is 0 Å². The van der Waals surface area contributed by atoms with Gasteiger partial charge in [0.1, 0.15) is 12.4 Å². The van der Waals surface area contributed by atoms with E-state index in [1.165, 1.54) is 5.01 Å². The monoisotopic (exact) mass is 324 g/mol. The zero-order valence-corrected chi connectivity index (χ0v) is 14.1. The lowest BCUT2D eigenvalue weighted by atomic mass is 10.2. The van der Waals surface area contributed by atoms with Gasteiger partial charge in [0, 0.05) is 17.5 Å². The minimum atomic E-state index is 0.461. The molecule has 3 nitrogen and oxygen atoms in total. The molecule has 0 bridgehead atoms. The molecule has 0 radical (unpaired) electrons. The third kappa shape index (κ3) is 4.70. The molecule has 1 N–H and O–H groups in total. The van der Waals surface area contributed by atoms with Gasteiger partial charge in [-0.15, -0.1) is 11.3 Å². The topological polar surface area (TPSA) is 34.1 Å². The summed E-state index contributed by atoms with van der Waals surface area (Å²) in [6.45, 7) is 6.37. The van der Waals surface area contributed by atoms with Crippen molar-refractivity contribution in [2.24, 2.45) is 0 Å². The molecule has 1 heterocycles. The summed E-state index contributed by atoms with van der Waals surface area (Å²) in [5.74, 6) is 0.755. The van der Waals surface area contributed by atoms with Crippen molar-refractivity contribution in [3.8, 4) is 5.75 Å². The lowest BCUT2D eigenvalue weighted by Crippen LogP contribution is -2.13. The van der Waals surface area contributed by atoms with E-state index in [0.717, 1.165) is 42.9 Å². The van der Waals surface area contributed by atoms with E-state index in [4.69, 9.17) is 16.3 Å². The Morgan fingerprint density at radius 1 is 1.33 bits per heavy atom. The van der Waals surface area contributed by atoms with Crippen molar-refractivity contribution in [1.82, 2.24) is 10.3 Å². The van der Waals surface area contributed by atoms with E-state index < -0.39 is 0 Å². The summed E-state index contributed by atoms with van der Waals surface area (Å²) in [5.41, 5.74) is 2.05. The van der Waals surface area contributed by atoms with Crippen molar-refractivity contribution >= 4 is 22.9 Å². The highest BCUT2D eigenvalue weighted by molar-refractivity contribution is 7.09. The number of benzene rings is 1. The normalized spacial score (nSPS) is 10.8. The second-order valence-corrected chi connectivity index (χ2v) is 6.13. The number of para-hydroxylation sites is 1. The molecule has 0 spiro atoms. The number of nitrogens with zero attached hydrogens (tertiary/aromatic N) is 1. The third-order valence-corrected chi connectivity index (χ3v) is 4.30. The first-order valence-corrected chi connectivity index (χ1v) is 8.54. The van der Waals surface area contributed by atoms with Gasteiger partial charge in [0.2, 0.25) is 0 Å². The quantitative estimate of drug-likeness (QED) is 0.779. The van der Waals surface area contributed by atoms with Crippen molar-refractivity contribution in [2.75, 3.05) is 6.54 Å². The van der Waals surface area contributed by atoms with E-state index in [-0.39, 0.29) is 0 Å². The maximum absolute atomic E-state index is 6.26. The Bertz CT molecular complexity index is 571. The van der Waals surface area contributed by atoms with Crippen LogP contribution in [0.25, 0.3) is 0 Å². The van der Waals surface area contributed by atoms with Gasteiger partial charge in [-0.2, -0.15) is 0 Å². The number of hydrogen-bond acceptors (Lipinski definition) is 4. The van der Waals surface area contributed by atoms with E-state index in [9.17, 15) is 0 Å². The first kappa shape index (κ1) is 16.3. The molecule has 0 aliphatic rings. The number of ether oxygens (including phenoxy) is 1. The van der Waals surface area contributed by atoms with Crippen LogP contribution in [0.2, 0.25) is 5.02 Å². The zero-order valence-electron chi connectivity index (χ0n) is 12.5. The molecule has 5 heteroatoms. The second kappa shape index (κ2) is 8.37. The highest BCUT2D eigenvalue weighted by Crippen LogP contribution is 2.29. The van der Waals surface area contributed by atoms with Crippen LogP contribution in [0.4, 0.5) is 0 Å². The van der Waals surface area contributed by atoms with Gasteiger partial charge in [0.05, 0.1) is 15.7 Å². The van der Waals surface area contributed by atoms with Gasteiger partial charge in [-0.05, 0) is 25.5 Å². The van der Waals surface area contributed by atoms with E-state index in [1.807, 2.05) is 18.2 Å². The maximum atomic E-state index is 6.26. The third-order valence-electron chi connectivity index (χ3n) is 3.04. The Morgan fingerprint density at radius 2 is 2.19 bits per heavy atom. The lowest BCUT2D eigenvalue weighted by molar-refractivity contribution is 0.298. The van der Waals surface area contributed by atoms with E-state index in [2.05, 4.69) is 29.5 Å². The highest BCUT2D eigenvalue weighted by atomic mass is 35.5. The summed E-state index contributed by atoms with van der Waals surface area (Å²) in [7, 11) is 0. The van der Waals surface area contributed by atoms with Crippen LogP contribution in [0.15, 0.2) is 23.6 Å². The second-order valence-electron chi connectivity index (χ2n) is 4.78. The Balaban J connectivity index is 2.04. The lowest BCUT2D eigenvalue weighted by Gasteiger charge is -2.12. The van der Waals surface area contributed by atoms with E-state index >= 15 is 0 Å². The molecule has 0 unspecified atom stereocenters. The minimum absolute atomic E-state index is 0.461. The van der Waals surface area contributed by atoms with Crippen LogP contribution in [0.5, 0.6) is 5.75 Å². The van der Waals surface area contributed by atoms with Crippen LogP contribution in [0.3, 0.4) is 0 Å². The van der Waals surface area contributed by atoms with Gasteiger partial charge in [0.25, 0.3) is 0 Å². The first-order chi connectivity index (χ1) is 10.2.